The van der Waals surface area contributed by atoms with E-state index in [2.05, 4.69) is 4.98 Å². The van der Waals surface area contributed by atoms with E-state index in [-0.39, 0.29) is 5.91 Å². The summed E-state index contributed by atoms with van der Waals surface area (Å²) in [7, 11) is 0. The van der Waals surface area contributed by atoms with Gasteiger partial charge in [-0.05, 0) is 36.5 Å². The first-order valence-corrected chi connectivity index (χ1v) is 7.74. The number of furan rings is 1. The molecule has 2 aromatic rings. The van der Waals surface area contributed by atoms with Gasteiger partial charge in [-0.25, -0.2) is 4.98 Å². The van der Waals surface area contributed by atoms with E-state index in [1.807, 2.05) is 12.1 Å². The summed E-state index contributed by atoms with van der Waals surface area (Å²) in [6.45, 7) is 2.01. The minimum Gasteiger partial charge on any atom is -0.477 e. The lowest BCUT2D eigenvalue weighted by molar-refractivity contribution is 0.0701. The lowest BCUT2D eigenvalue weighted by Crippen LogP contribution is -2.36. The number of pyridine rings is 1. The van der Waals surface area contributed by atoms with E-state index in [9.17, 15) is 4.79 Å². The van der Waals surface area contributed by atoms with E-state index in [0.717, 1.165) is 30.2 Å². The third-order valence-corrected chi connectivity index (χ3v) is 4.21. The van der Waals surface area contributed by atoms with Gasteiger partial charge in [0.1, 0.15) is 0 Å². The molecule has 1 fully saturated rings. The zero-order chi connectivity index (χ0) is 14.9. The second-order valence-corrected chi connectivity index (χ2v) is 5.96. The number of rotatable bonds is 4. The van der Waals surface area contributed by atoms with Gasteiger partial charge in [0.25, 0.3) is 5.91 Å². The molecule has 0 radical (unpaired) electrons. The molecule has 5 nitrogen and oxygen atoms in total. The molecule has 3 heterocycles. The predicted molar refractivity (Wildman–Crippen MR) is 79.6 cm³/mol. The Kier molecular flexibility index (Phi) is 3.33. The topological polar surface area (TPSA) is 55.6 Å². The van der Waals surface area contributed by atoms with Crippen LogP contribution in [0.3, 0.4) is 0 Å². The van der Waals surface area contributed by atoms with Gasteiger partial charge >= 0.3 is 0 Å². The normalized spacial score (nSPS) is 17.2. The van der Waals surface area contributed by atoms with Crippen molar-refractivity contribution in [3.63, 3.8) is 0 Å². The molecule has 4 rings (SSSR count). The van der Waals surface area contributed by atoms with Crippen molar-refractivity contribution in [2.45, 2.75) is 25.8 Å². The van der Waals surface area contributed by atoms with Crippen LogP contribution in [0.5, 0.6) is 5.88 Å². The lowest BCUT2D eigenvalue weighted by Gasteiger charge is -2.27. The maximum absolute atomic E-state index is 12.3. The van der Waals surface area contributed by atoms with Crippen LogP contribution < -0.4 is 4.74 Å². The molecule has 0 atom stereocenters. The fourth-order valence-corrected chi connectivity index (χ4v) is 2.69. The highest BCUT2D eigenvalue weighted by atomic mass is 16.5. The molecule has 1 saturated carbocycles. The molecule has 2 aliphatic rings. The van der Waals surface area contributed by atoms with Crippen molar-refractivity contribution in [2.24, 2.45) is 5.92 Å². The van der Waals surface area contributed by atoms with Gasteiger partial charge in [-0.1, -0.05) is 6.07 Å². The van der Waals surface area contributed by atoms with E-state index in [0.29, 0.717) is 24.7 Å². The predicted octanol–water partition coefficient (Wildman–Crippen LogP) is 2.66. The quantitative estimate of drug-likeness (QED) is 0.871. The van der Waals surface area contributed by atoms with Gasteiger partial charge in [-0.15, -0.1) is 0 Å². The maximum Gasteiger partial charge on any atom is 0.289 e. The first-order chi connectivity index (χ1) is 10.8. The van der Waals surface area contributed by atoms with Gasteiger partial charge in [-0.3, -0.25) is 4.79 Å². The Bertz CT molecular complexity index is 677. The molecule has 1 amide bonds. The molecule has 114 valence electrons. The van der Waals surface area contributed by atoms with Gasteiger partial charge in [0.2, 0.25) is 5.88 Å². The number of hydrogen-bond donors (Lipinski definition) is 0. The fraction of sp³-hybridized carbons (Fsp3) is 0.412. The highest BCUT2D eigenvalue weighted by molar-refractivity contribution is 5.91. The molecular weight excluding hydrogens is 280 g/mol. The lowest BCUT2D eigenvalue weighted by atomic mass is 10.1. The Balaban J connectivity index is 1.45. The Hall–Kier alpha value is -2.30. The molecule has 2 aromatic heterocycles. The summed E-state index contributed by atoms with van der Waals surface area (Å²) in [6, 6.07) is 7.36. The molecule has 0 saturated heterocycles. The largest absolute Gasteiger partial charge is 0.477 e. The summed E-state index contributed by atoms with van der Waals surface area (Å²) < 4.78 is 10.9. The molecule has 0 spiro atoms. The average Bonchev–Trinajstić information content (AvgIpc) is 3.23. The molecule has 0 aromatic carbocycles. The van der Waals surface area contributed by atoms with Crippen LogP contribution >= 0.6 is 0 Å². The Morgan fingerprint density at radius 2 is 2.27 bits per heavy atom. The molecule has 0 N–H and O–H groups in total. The van der Waals surface area contributed by atoms with Gasteiger partial charge in [0.15, 0.2) is 5.76 Å². The zero-order valence-corrected chi connectivity index (χ0v) is 12.3. The van der Waals surface area contributed by atoms with Crippen molar-refractivity contribution >= 4 is 5.91 Å². The smallest absolute Gasteiger partial charge is 0.289 e. The molecule has 0 bridgehead atoms. The Labute approximate surface area is 128 Å². The number of fused-ring (bicyclic) bond motifs is 1. The summed E-state index contributed by atoms with van der Waals surface area (Å²) in [5.41, 5.74) is 2.13. The van der Waals surface area contributed by atoms with E-state index < -0.39 is 0 Å². The summed E-state index contributed by atoms with van der Waals surface area (Å²) in [5.74, 6) is 1.75. The van der Waals surface area contributed by atoms with Crippen LogP contribution in [0.1, 0.15) is 34.7 Å². The number of hydrogen-bond acceptors (Lipinski definition) is 4. The highest BCUT2D eigenvalue weighted by Crippen LogP contribution is 2.29. The van der Waals surface area contributed by atoms with E-state index in [1.54, 1.807) is 17.0 Å². The van der Waals surface area contributed by atoms with Crippen LogP contribution in [0.25, 0.3) is 0 Å². The van der Waals surface area contributed by atoms with Gasteiger partial charge in [0, 0.05) is 25.6 Å². The number of ether oxygens (including phenoxy) is 1. The van der Waals surface area contributed by atoms with Crippen molar-refractivity contribution in [3.8, 4) is 5.88 Å². The molecule has 5 heteroatoms. The minimum absolute atomic E-state index is 0.0651. The minimum atomic E-state index is -0.0651. The molecule has 1 aliphatic carbocycles. The summed E-state index contributed by atoms with van der Waals surface area (Å²) in [5, 5.41) is 0. The number of nitrogens with zero attached hydrogens (tertiary/aromatic N) is 2. The third-order valence-electron chi connectivity index (χ3n) is 4.21. The van der Waals surface area contributed by atoms with Crippen LogP contribution in [-0.4, -0.2) is 28.9 Å². The zero-order valence-electron chi connectivity index (χ0n) is 12.3. The van der Waals surface area contributed by atoms with Crippen LogP contribution in [0.4, 0.5) is 0 Å². The first kappa shape index (κ1) is 13.4. The maximum atomic E-state index is 12.3. The van der Waals surface area contributed by atoms with E-state index in [4.69, 9.17) is 9.15 Å². The van der Waals surface area contributed by atoms with Gasteiger partial charge < -0.3 is 14.1 Å². The first-order valence-electron chi connectivity index (χ1n) is 7.74. The molecule has 22 heavy (non-hydrogen) atoms. The van der Waals surface area contributed by atoms with E-state index in [1.165, 1.54) is 19.1 Å². The highest BCUT2D eigenvalue weighted by Gasteiger charge is 2.25. The molecule has 1 aliphatic heterocycles. The number of amides is 1. The standard InChI is InChI=1S/C17H18N2O3/c20-17(15-2-1-9-21-15)19-8-7-14-13(10-19)5-6-16(18-14)22-11-12-3-4-12/h1-2,5-6,9,12H,3-4,7-8,10-11H2. The second kappa shape index (κ2) is 5.48. The van der Waals surface area contributed by atoms with Crippen molar-refractivity contribution in [1.29, 1.82) is 0 Å². The SMILES string of the molecule is O=C(c1ccco1)N1CCc2nc(OCC3CC3)ccc2C1. The molecular formula is C17H18N2O3. The number of carbonyl (C=O) groups is 1. The van der Waals surface area contributed by atoms with Crippen molar-refractivity contribution in [1.82, 2.24) is 9.88 Å². The second-order valence-electron chi connectivity index (χ2n) is 5.96. The average molecular weight is 298 g/mol. The monoisotopic (exact) mass is 298 g/mol. The van der Waals surface area contributed by atoms with Crippen molar-refractivity contribution in [3.05, 3.63) is 47.5 Å². The van der Waals surface area contributed by atoms with E-state index >= 15 is 0 Å². The van der Waals surface area contributed by atoms with Crippen molar-refractivity contribution in [2.75, 3.05) is 13.2 Å². The van der Waals surface area contributed by atoms with Crippen LogP contribution in [0.15, 0.2) is 34.9 Å². The van der Waals surface area contributed by atoms with Crippen LogP contribution in [0.2, 0.25) is 0 Å². The van der Waals surface area contributed by atoms with Gasteiger partial charge in [-0.2, -0.15) is 0 Å². The van der Waals surface area contributed by atoms with Gasteiger partial charge in [0.05, 0.1) is 18.6 Å². The Morgan fingerprint density at radius 3 is 3.05 bits per heavy atom. The van der Waals surface area contributed by atoms with Crippen LogP contribution in [0, 0.1) is 5.92 Å². The fourth-order valence-electron chi connectivity index (χ4n) is 2.69. The van der Waals surface area contributed by atoms with Crippen LogP contribution in [-0.2, 0) is 13.0 Å². The number of carbonyl (C=O) groups excluding carboxylic acids is 1. The van der Waals surface area contributed by atoms with Crippen molar-refractivity contribution < 1.29 is 13.9 Å². The summed E-state index contributed by atoms with van der Waals surface area (Å²) in [6.07, 6.45) is 4.82. The Morgan fingerprint density at radius 1 is 1.36 bits per heavy atom. The summed E-state index contributed by atoms with van der Waals surface area (Å²) in [4.78, 5) is 18.7. The number of aromatic nitrogens is 1. The summed E-state index contributed by atoms with van der Waals surface area (Å²) >= 11 is 0. The molecule has 0 unspecified atom stereocenters. The third kappa shape index (κ3) is 2.71.